The fraction of sp³-hybridized carbons (Fsp3) is 0.733. The number of carbonyl (C=O) groups is 2. The minimum absolute atomic E-state index is 0.210. The van der Waals surface area contributed by atoms with Crippen LogP contribution in [0.15, 0.2) is 12.7 Å². The number of hydrogen-bond donors (Lipinski definition) is 0. The molecule has 0 aromatic heterocycles. The summed E-state index contributed by atoms with van der Waals surface area (Å²) in [5, 5.41) is -6.07. The van der Waals surface area contributed by atoms with Gasteiger partial charge in [0.15, 0.2) is 10.1 Å². The summed E-state index contributed by atoms with van der Waals surface area (Å²) in [6.07, 6.45) is -9.19. The van der Waals surface area contributed by atoms with Gasteiger partial charge in [0.25, 0.3) is 0 Å². The highest BCUT2D eigenvalue weighted by atomic mass is 32.2. The molecule has 0 bridgehead atoms. The third-order valence-corrected chi connectivity index (χ3v) is 4.06. The normalized spacial score (nSPS) is 15.7. The molecule has 1 atom stereocenters. The lowest BCUT2D eigenvalue weighted by Crippen LogP contribution is -2.59. The Morgan fingerprint density at radius 1 is 1.00 bits per heavy atom. The summed E-state index contributed by atoms with van der Waals surface area (Å²) in [7, 11) is -6.81. The molecular formula is C15H18F7O8S-. The standard InChI is InChI=1S/C15H19F7O8S/c1-5-9(23)29-13(14(18,19)20,10(24)30-11(2,3)4)28-8-6-7-12(16,17)15(21,22)31(25,26)27/h5H,1,6-8H2,2-4H3,(H,25,26,27)/p-1. The van der Waals surface area contributed by atoms with E-state index in [1.165, 1.54) is 0 Å². The summed E-state index contributed by atoms with van der Waals surface area (Å²) in [5.41, 5.74) is -1.57. The van der Waals surface area contributed by atoms with Crippen molar-refractivity contribution in [1.82, 2.24) is 0 Å². The van der Waals surface area contributed by atoms with Gasteiger partial charge in [-0.1, -0.05) is 6.58 Å². The molecule has 0 rings (SSSR count). The van der Waals surface area contributed by atoms with Gasteiger partial charge in [0.2, 0.25) is 0 Å². The van der Waals surface area contributed by atoms with Crippen molar-refractivity contribution in [3.63, 3.8) is 0 Å². The van der Waals surface area contributed by atoms with Gasteiger partial charge >= 0.3 is 35.1 Å². The van der Waals surface area contributed by atoms with E-state index in [2.05, 4.69) is 20.8 Å². The predicted octanol–water partition coefficient (Wildman–Crippen LogP) is 2.89. The van der Waals surface area contributed by atoms with E-state index in [0.29, 0.717) is 0 Å². The Morgan fingerprint density at radius 2 is 1.48 bits per heavy atom. The molecule has 31 heavy (non-hydrogen) atoms. The van der Waals surface area contributed by atoms with Crippen molar-refractivity contribution < 1.29 is 67.5 Å². The van der Waals surface area contributed by atoms with E-state index >= 15 is 0 Å². The Morgan fingerprint density at radius 3 is 1.84 bits per heavy atom. The molecule has 0 amide bonds. The van der Waals surface area contributed by atoms with Crippen LogP contribution in [-0.4, -0.2) is 60.3 Å². The van der Waals surface area contributed by atoms with Gasteiger partial charge in [-0.2, -0.15) is 30.7 Å². The highest BCUT2D eigenvalue weighted by Gasteiger charge is 2.68. The van der Waals surface area contributed by atoms with E-state index in [-0.39, 0.29) is 6.08 Å². The van der Waals surface area contributed by atoms with Crippen molar-refractivity contribution in [2.75, 3.05) is 6.61 Å². The average Bonchev–Trinajstić information content (AvgIpc) is 2.53. The first-order valence-electron chi connectivity index (χ1n) is 8.05. The minimum atomic E-state index is -6.81. The molecule has 0 fully saturated rings. The van der Waals surface area contributed by atoms with Crippen LogP contribution in [0.4, 0.5) is 30.7 Å². The first-order chi connectivity index (χ1) is 13.5. The van der Waals surface area contributed by atoms with Crippen LogP contribution in [0.5, 0.6) is 0 Å². The van der Waals surface area contributed by atoms with Crippen LogP contribution in [0.1, 0.15) is 33.6 Å². The van der Waals surface area contributed by atoms with Crippen molar-refractivity contribution in [3.8, 4) is 0 Å². The maximum absolute atomic E-state index is 13.6. The maximum atomic E-state index is 13.6. The van der Waals surface area contributed by atoms with Gasteiger partial charge < -0.3 is 18.8 Å². The van der Waals surface area contributed by atoms with E-state index in [9.17, 15) is 53.3 Å². The van der Waals surface area contributed by atoms with Crippen molar-refractivity contribution in [2.24, 2.45) is 0 Å². The summed E-state index contributed by atoms with van der Waals surface area (Å²) in [4.78, 5) is 23.4. The Bertz CT molecular complexity index is 786. The van der Waals surface area contributed by atoms with Gasteiger partial charge in [-0.15, -0.1) is 0 Å². The van der Waals surface area contributed by atoms with Gasteiger partial charge in [-0.25, -0.2) is 18.0 Å². The number of esters is 2. The lowest BCUT2D eigenvalue weighted by Gasteiger charge is -2.34. The second-order valence-electron chi connectivity index (χ2n) is 6.87. The molecule has 16 heteroatoms. The molecule has 1 unspecified atom stereocenters. The molecule has 0 heterocycles. The van der Waals surface area contributed by atoms with Crippen LogP contribution in [0, 0.1) is 0 Å². The van der Waals surface area contributed by atoms with Crippen LogP contribution >= 0.6 is 0 Å². The summed E-state index contributed by atoms with van der Waals surface area (Å²) in [5.74, 6) is -14.1. The van der Waals surface area contributed by atoms with Gasteiger partial charge in [-0.05, 0) is 27.2 Å². The molecule has 0 aliphatic carbocycles. The maximum Gasteiger partial charge on any atom is 0.468 e. The predicted molar refractivity (Wildman–Crippen MR) is 85.7 cm³/mol. The van der Waals surface area contributed by atoms with Crippen molar-refractivity contribution >= 4 is 22.1 Å². The van der Waals surface area contributed by atoms with E-state index < -0.39 is 70.2 Å². The molecule has 0 aromatic rings. The van der Waals surface area contributed by atoms with Crippen molar-refractivity contribution in [1.29, 1.82) is 0 Å². The van der Waals surface area contributed by atoms with Crippen molar-refractivity contribution in [2.45, 2.75) is 62.4 Å². The molecule has 0 saturated heterocycles. The highest BCUT2D eigenvalue weighted by Crippen LogP contribution is 2.42. The second-order valence-corrected chi connectivity index (χ2v) is 8.29. The number of rotatable bonds is 10. The fourth-order valence-corrected chi connectivity index (χ4v) is 2.22. The summed E-state index contributed by atoms with van der Waals surface area (Å²) in [6, 6.07) is 0. The first-order valence-corrected chi connectivity index (χ1v) is 9.45. The quantitative estimate of drug-likeness (QED) is 0.114. The SMILES string of the molecule is C=CC(=O)OC(OCCCC(F)(F)C(F)(F)S(=O)(=O)[O-])(C(=O)OC(C)(C)C)C(F)(F)F. The Balaban J connectivity index is 5.78. The topological polar surface area (TPSA) is 119 Å². The number of hydrogen-bond acceptors (Lipinski definition) is 8. The third kappa shape index (κ3) is 7.03. The summed E-state index contributed by atoms with van der Waals surface area (Å²) < 4.78 is 137. The largest absolute Gasteiger partial charge is 0.743 e. The number of alkyl halides is 7. The number of halogens is 7. The smallest absolute Gasteiger partial charge is 0.468 e. The molecule has 182 valence electrons. The number of ether oxygens (including phenoxy) is 3. The zero-order valence-corrected chi connectivity index (χ0v) is 17.0. The van der Waals surface area contributed by atoms with Crippen LogP contribution in [-0.2, 0) is 33.9 Å². The molecule has 8 nitrogen and oxygen atoms in total. The van der Waals surface area contributed by atoms with E-state index in [1.807, 2.05) is 0 Å². The second kappa shape index (κ2) is 9.28. The van der Waals surface area contributed by atoms with E-state index in [4.69, 9.17) is 0 Å². The third-order valence-electron chi connectivity index (χ3n) is 3.13. The summed E-state index contributed by atoms with van der Waals surface area (Å²) >= 11 is 0. The zero-order chi connectivity index (χ0) is 25.1. The highest BCUT2D eigenvalue weighted by molar-refractivity contribution is 7.86. The Labute approximate surface area is 172 Å². The zero-order valence-electron chi connectivity index (χ0n) is 16.2. The molecule has 0 saturated carbocycles. The molecule has 0 aromatic carbocycles. The lowest BCUT2D eigenvalue weighted by atomic mass is 10.1. The molecule has 0 radical (unpaired) electrons. The molecular weight excluding hydrogens is 473 g/mol. The van der Waals surface area contributed by atoms with Gasteiger partial charge in [0.05, 0.1) is 6.61 Å². The van der Waals surface area contributed by atoms with Gasteiger partial charge in [0, 0.05) is 12.5 Å². The van der Waals surface area contributed by atoms with Crippen LogP contribution in [0.2, 0.25) is 0 Å². The van der Waals surface area contributed by atoms with E-state index in [1.54, 1.807) is 0 Å². The number of carbonyl (C=O) groups excluding carboxylic acids is 2. The lowest BCUT2D eigenvalue weighted by molar-refractivity contribution is -0.357. The molecule has 0 spiro atoms. The van der Waals surface area contributed by atoms with Gasteiger partial charge in [-0.3, -0.25) is 0 Å². The van der Waals surface area contributed by atoms with Crippen LogP contribution in [0.25, 0.3) is 0 Å². The monoisotopic (exact) mass is 491 g/mol. The Kier molecular flexibility index (Phi) is 8.70. The summed E-state index contributed by atoms with van der Waals surface area (Å²) in [6.45, 7) is 4.64. The average molecular weight is 491 g/mol. The minimum Gasteiger partial charge on any atom is -0.743 e. The van der Waals surface area contributed by atoms with Crippen LogP contribution < -0.4 is 0 Å². The van der Waals surface area contributed by atoms with Crippen LogP contribution in [0.3, 0.4) is 0 Å². The van der Waals surface area contributed by atoms with Gasteiger partial charge in [0.1, 0.15) is 5.60 Å². The Hall–Kier alpha value is -1.94. The first kappa shape index (κ1) is 29.1. The van der Waals surface area contributed by atoms with Crippen molar-refractivity contribution in [3.05, 3.63) is 12.7 Å². The molecule has 0 aliphatic rings. The molecule has 0 aliphatic heterocycles. The molecule has 0 N–H and O–H groups in total. The van der Waals surface area contributed by atoms with E-state index in [0.717, 1.165) is 20.8 Å². The fourth-order valence-electron chi connectivity index (χ4n) is 1.75.